The summed E-state index contributed by atoms with van der Waals surface area (Å²) >= 11 is 0. The van der Waals surface area contributed by atoms with E-state index in [9.17, 15) is 13.2 Å². The van der Waals surface area contributed by atoms with Crippen LogP contribution in [0.1, 0.15) is 22.8 Å². The van der Waals surface area contributed by atoms with Crippen LogP contribution in [0.3, 0.4) is 0 Å². The lowest BCUT2D eigenvalue weighted by molar-refractivity contribution is -0.137. The number of aromatic nitrogens is 6. The molecule has 4 rings (SSSR count). The fraction of sp³-hybridized carbons (Fsp3) is 0.167. The van der Waals surface area contributed by atoms with E-state index in [1.54, 1.807) is 0 Å². The molecule has 7 nitrogen and oxygen atoms in total. The molecule has 2 aromatic heterocycles. The number of rotatable bonds is 5. The standard InChI is InChI=1S/C18H13F3N6O/c19-18(20,21)14-8-4-7-13(10-14)17-23-26-27(24-17)11-16-22-15(25-28-16)9-12-5-2-1-3-6-12/h1-8,10H,9,11H2. The number of tetrazole rings is 1. The number of hydrogen-bond donors (Lipinski definition) is 0. The van der Waals surface area contributed by atoms with Crippen LogP contribution in [-0.2, 0) is 19.1 Å². The molecule has 0 bridgehead atoms. The number of hydrogen-bond acceptors (Lipinski definition) is 6. The van der Waals surface area contributed by atoms with Crippen LogP contribution in [0.15, 0.2) is 59.1 Å². The van der Waals surface area contributed by atoms with Crippen molar-refractivity contribution in [3.8, 4) is 11.4 Å². The molecule has 0 unspecified atom stereocenters. The van der Waals surface area contributed by atoms with Gasteiger partial charge in [-0.1, -0.05) is 47.6 Å². The first-order valence-corrected chi connectivity index (χ1v) is 8.28. The van der Waals surface area contributed by atoms with E-state index in [1.807, 2.05) is 30.3 Å². The van der Waals surface area contributed by atoms with Crippen molar-refractivity contribution in [2.45, 2.75) is 19.1 Å². The van der Waals surface area contributed by atoms with Crippen LogP contribution in [0, 0.1) is 0 Å². The molecule has 0 aliphatic heterocycles. The van der Waals surface area contributed by atoms with Gasteiger partial charge in [-0.25, -0.2) is 0 Å². The van der Waals surface area contributed by atoms with Gasteiger partial charge < -0.3 is 4.52 Å². The highest BCUT2D eigenvalue weighted by molar-refractivity contribution is 5.55. The highest BCUT2D eigenvalue weighted by Crippen LogP contribution is 2.31. The predicted octanol–water partition coefficient (Wildman–Crippen LogP) is 3.38. The Kier molecular flexibility index (Phi) is 4.60. The van der Waals surface area contributed by atoms with E-state index in [2.05, 4.69) is 25.6 Å². The molecule has 0 saturated carbocycles. The van der Waals surface area contributed by atoms with Gasteiger partial charge in [-0.2, -0.15) is 23.0 Å². The third-order valence-electron chi connectivity index (χ3n) is 3.89. The minimum atomic E-state index is -4.44. The molecule has 0 fully saturated rings. The molecule has 0 spiro atoms. The van der Waals surface area contributed by atoms with Crippen molar-refractivity contribution in [1.82, 2.24) is 30.3 Å². The molecular weight excluding hydrogens is 373 g/mol. The fourth-order valence-corrected chi connectivity index (χ4v) is 2.59. The Hall–Kier alpha value is -3.56. The molecule has 10 heteroatoms. The maximum Gasteiger partial charge on any atom is 0.416 e. The van der Waals surface area contributed by atoms with Gasteiger partial charge in [-0.05, 0) is 22.9 Å². The van der Waals surface area contributed by atoms with Gasteiger partial charge >= 0.3 is 6.18 Å². The zero-order chi connectivity index (χ0) is 19.6. The number of alkyl halides is 3. The van der Waals surface area contributed by atoms with Crippen LogP contribution in [0.25, 0.3) is 11.4 Å². The van der Waals surface area contributed by atoms with E-state index in [0.29, 0.717) is 12.2 Å². The van der Waals surface area contributed by atoms with Gasteiger partial charge in [0.05, 0.1) is 5.56 Å². The van der Waals surface area contributed by atoms with Gasteiger partial charge in [-0.15, -0.1) is 10.2 Å². The minimum absolute atomic E-state index is 0.0632. The maximum atomic E-state index is 12.8. The van der Waals surface area contributed by atoms with Gasteiger partial charge in [0.15, 0.2) is 5.82 Å². The van der Waals surface area contributed by atoms with E-state index in [0.717, 1.165) is 17.7 Å². The van der Waals surface area contributed by atoms with Crippen molar-refractivity contribution in [3.05, 3.63) is 77.4 Å². The Balaban J connectivity index is 1.47. The molecule has 4 aromatic rings. The number of halogens is 3. The highest BCUT2D eigenvalue weighted by Gasteiger charge is 2.30. The van der Waals surface area contributed by atoms with Gasteiger partial charge in [0.2, 0.25) is 11.7 Å². The molecule has 0 aliphatic rings. The summed E-state index contributed by atoms with van der Waals surface area (Å²) < 4.78 is 43.7. The third kappa shape index (κ3) is 4.05. The van der Waals surface area contributed by atoms with E-state index in [-0.39, 0.29) is 23.8 Å². The third-order valence-corrected chi connectivity index (χ3v) is 3.89. The Morgan fingerprint density at radius 2 is 1.82 bits per heavy atom. The van der Waals surface area contributed by atoms with Crippen molar-refractivity contribution in [2.24, 2.45) is 0 Å². The Morgan fingerprint density at radius 1 is 1.00 bits per heavy atom. The summed E-state index contributed by atoms with van der Waals surface area (Å²) in [6, 6.07) is 14.4. The van der Waals surface area contributed by atoms with Gasteiger partial charge in [-0.3, -0.25) is 0 Å². The van der Waals surface area contributed by atoms with E-state index in [4.69, 9.17) is 4.52 Å². The Morgan fingerprint density at radius 3 is 2.61 bits per heavy atom. The topological polar surface area (TPSA) is 82.5 Å². The first-order valence-electron chi connectivity index (χ1n) is 8.28. The lowest BCUT2D eigenvalue weighted by atomic mass is 10.1. The average Bonchev–Trinajstić information content (AvgIpc) is 3.32. The largest absolute Gasteiger partial charge is 0.416 e. The van der Waals surface area contributed by atoms with Crippen molar-refractivity contribution in [2.75, 3.05) is 0 Å². The van der Waals surface area contributed by atoms with Crippen LogP contribution in [-0.4, -0.2) is 30.3 Å². The molecule has 2 aromatic carbocycles. The maximum absolute atomic E-state index is 12.8. The summed E-state index contributed by atoms with van der Waals surface area (Å²) in [5.41, 5.74) is 0.487. The molecular formula is C18H13F3N6O. The number of benzene rings is 2. The monoisotopic (exact) mass is 386 g/mol. The van der Waals surface area contributed by atoms with Gasteiger partial charge in [0.25, 0.3) is 0 Å². The van der Waals surface area contributed by atoms with Crippen LogP contribution in [0.4, 0.5) is 13.2 Å². The zero-order valence-corrected chi connectivity index (χ0v) is 14.3. The Labute approximate surface area is 156 Å². The quantitative estimate of drug-likeness (QED) is 0.523. The van der Waals surface area contributed by atoms with Crippen molar-refractivity contribution >= 4 is 0 Å². The van der Waals surface area contributed by atoms with Crippen LogP contribution < -0.4 is 0 Å². The average molecular weight is 386 g/mol. The van der Waals surface area contributed by atoms with E-state index in [1.165, 1.54) is 16.9 Å². The van der Waals surface area contributed by atoms with Gasteiger partial charge in [0, 0.05) is 12.0 Å². The second kappa shape index (κ2) is 7.22. The smallest absolute Gasteiger partial charge is 0.337 e. The zero-order valence-electron chi connectivity index (χ0n) is 14.3. The van der Waals surface area contributed by atoms with Crippen molar-refractivity contribution in [1.29, 1.82) is 0 Å². The van der Waals surface area contributed by atoms with Gasteiger partial charge in [0.1, 0.15) is 6.54 Å². The van der Waals surface area contributed by atoms with E-state index < -0.39 is 11.7 Å². The lowest BCUT2D eigenvalue weighted by Crippen LogP contribution is -2.05. The predicted molar refractivity (Wildman–Crippen MR) is 90.9 cm³/mol. The molecule has 0 aliphatic carbocycles. The summed E-state index contributed by atoms with van der Waals surface area (Å²) in [7, 11) is 0. The van der Waals surface area contributed by atoms with Crippen LogP contribution in [0.2, 0.25) is 0 Å². The first-order chi connectivity index (χ1) is 13.5. The number of nitrogens with zero attached hydrogens (tertiary/aromatic N) is 6. The van der Waals surface area contributed by atoms with Crippen LogP contribution in [0.5, 0.6) is 0 Å². The second-order valence-corrected chi connectivity index (χ2v) is 5.99. The normalized spacial score (nSPS) is 11.7. The molecule has 0 amide bonds. The summed E-state index contributed by atoms with van der Waals surface area (Å²) in [5.74, 6) is 0.869. The molecule has 28 heavy (non-hydrogen) atoms. The molecule has 2 heterocycles. The molecule has 0 saturated heterocycles. The molecule has 142 valence electrons. The summed E-state index contributed by atoms with van der Waals surface area (Å²) in [6.45, 7) is 0.0632. The summed E-state index contributed by atoms with van der Waals surface area (Å²) in [4.78, 5) is 5.46. The molecule has 0 N–H and O–H groups in total. The van der Waals surface area contributed by atoms with E-state index >= 15 is 0 Å². The molecule has 0 atom stereocenters. The van der Waals surface area contributed by atoms with Crippen molar-refractivity contribution < 1.29 is 17.7 Å². The summed E-state index contributed by atoms with van der Waals surface area (Å²) in [6.07, 6.45) is -3.92. The first kappa shape index (κ1) is 17.8. The summed E-state index contributed by atoms with van der Waals surface area (Å²) in [5, 5.41) is 15.6. The minimum Gasteiger partial charge on any atom is -0.337 e. The lowest BCUT2D eigenvalue weighted by Gasteiger charge is -2.06. The van der Waals surface area contributed by atoms with Crippen molar-refractivity contribution in [3.63, 3.8) is 0 Å². The Bertz CT molecular complexity index is 1070. The fourth-order valence-electron chi connectivity index (χ4n) is 2.59. The molecule has 0 radical (unpaired) electrons. The SMILES string of the molecule is FC(F)(F)c1cccc(-c2nnn(Cc3nc(Cc4ccccc4)no3)n2)c1. The van der Waals surface area contributed by atoms with Crippen LogP contribution >= 0.6 is 0 Å². The second-order valence-electron chi connectivity index (χ2n) is 5.99. The highest BCUT2D eigenvalue weighted by atomic mass is 19.4.